The molecule has 12 aliphatic rings. The van der Waals surface area contributed by atoms with E-state index in [9.17, 15) is 0 Å². The van der Waals surface area contributed by atoms with E-state index in [1.165, 1.54) is 243 Å². The average Bonchev–Trinajstić information content (AvgIpc) is 3.65. The molecular formula is C55H100. The Morgan fingerprint density at radius 3 is 0.600 bits per heavy atom. The molecule has 2 unspecified atom stereocenters. The molecule has 0 aromatic rings. The number of allylic oxidation sites excluding steroid dienone is 4. The van der Waals surface area contributed by atoms with Crippen molar-refractivity contribution in [2.45, 2.75) is 289 Å². The van der Waals surface area contributed by atoms with Gasteiger partial charge in [-0.1, -0.05) is 262 Å². The molecule has 0 N–H and O–H groups in total. The van der Waals surface area contributed by atoms with Crippen molar-refractivity contribution in [3.8, 4) is 0 Å². The van der Waals surface area contributed by atoms with Crippen molar-refractivity contribution in [1.29, 1.82) is 0 Å². The van der Waals surface area contributed by atoms with E-state index in [0.717, 1.165) is 23.7 Å². The Hall–Kier alpha value is -0.520. The van der Waals surface area contributed by atoms with E-state index in [1.54, 1.807) is 57.8 Å². The fourth-order valence-electron chi connectivity index (χ4n) is 10.9. The Kier molecular flexibility index (Phi) is 28.6. The summed E-state index contributed by atoms with van der Waals surface area (Å²) < 4.78 is 0. The predicted octanol–water partition coefficient (Wildman–Crippen LogP) is 19.4. The molecule has 10 fully saturated rings. The van der Waals surface area contributed by atoms with Crippen LogP contribution in [-0.4, -0.2) is 0 Å². The van der Waals surface area contributed by atoms with Crippen LogP contribution in [-0.2, 0) is 0 Å². The predicted molar refractivity (Wildman–Crippen MR) is 247 cm³/mol. The molecule has 0 amide bonds. The summed E-state index contributed by atoms with van der Waals surface area (Å²) in [5.74, 6) is 6.63. The van der Waals surface area contributed by atoms with Gasteiger partial charge in [0.25, 0.3) is 0 Å². The Labute approximate surface area is 347 Å². The smallest absolute Gasteiger partial charge is 0.0228 e. The van der Waals surface area contributed by atoms with Gasteiger partial charge in [0.1, 0.15) is 0 Å². The standard InChI is InChI=1S/C10H18.C7H12.C7H10.C7H14.C6H12.C6H10.C5H10.C4H8.C3H6/c1-2-6-10-8-4-3-7-9(10)5-1;2*1-2-7-4-3-6(1)5-7;1-2-4-6-7-5-3-1;2*1-2-4-6-5-3-1;1-2-4-5-3-1;1-2-4-3-1;1-2-3-1/h9-10H,1-8H2;6-7H,1-5H2;1-2,6-7H,3-5H2;1-7H2;1-6H2;1-2H,3-6H2;1-5H2;1-4H2;1-3H2. The normalized spacial score (nSPS) is 32.6. The molecule has 0 heteroatoms. The first-order chi connectivity index (χ1) is 27.4. The van der Waals surface area contributed by atoms with Gasteiger partial charge in [-0.15, -0.1) is 0 Å². The van der Waals surface area contributed by atoms with E-state index in [-0.39, 0.29) is 0 Å². The first-order valence-electron chi connectivity index (χ1n) is 26.7. The van der Waals surface area contributed by atoms with Crippen LogP contribution in [0, 0.1) is 35.5 Å². The largest absolute Gasteiger partial charge is 0.0885 e. The lowest BCUT2D eigenvalue weighted by Gasteiger charge is -2.35. The third kappa shape index (κ3) is 25.5. The number of hydrogen-bond donors (Lipinski definition) is 0. The molecule has 0 aromatic heterocycles. The van der Waals surface area contributed by atoms with Gasteiger partial charge in [-0.3, -0.25) is 0 Å². The van der Waals surface area contributed by atoms with Crippen LogP contribution in [0.2, 0.25) is 0 Å². The summed E-state index contributed by atoms with van der Waals surface area (Å²) in [5, 5.41) is 0. The second-order valence-corrected chi connectivity index (χ2v) is 20.5. The van der Waals surface area contributed by atoms with Crippen LogP contribution >= 0.6 is 0 Å². The van der Waals surface area contributed by atoms with E-state index < -0.39 is 0 Å². The molecule has 0 nitrogen and oxygen atoms in total. The van der Waals surface area contributed by atoms with Crippen LogP contribution in [0.4, 0.5) is 0 Å². The van der Waals surface area contributed by atoms with Crippen molar-refractivity contribution in [1.82, 2.24) is 0 Å². The van der Waals surface area contributed by atoms with Crippen LogP contribution in [0.3, 0.4) is 0 Å². The zero-order chi connectivity index (χ0) is 38.1. The lowest BCUT2D eigenvalue weighted by molar-refractivity contribution is 0.171. The first kappa shape index (κ1) is 47.2. The minimum Gasteiger partial charge on any atom is -0.0885 e. The van der Waals surface area contributed by atoms with Crippen molar-refractivity contribution >= 4 is 0 Å². The van der Waals surface area contributed by atoms with E-state index in [2.05, 4.69) is 24.3 Å². The zero-order valence-corrected chi connectivity index (χ0v) is 37.6. The minimum absolute atomic E-state index is 0.991. The maximum atomic E-state index is 2.38. The number of hydrogen-bond acceptors (Lipinski definition) is 0. The highest BCUT2D eigenvalue weighted by atomic mass is 14.4. The lowest BCUT2D eigenvalue weighted by atomic mass is 9.71. The summed E-state index contributed by atoms with van der Waals surface area (Å²) in [5.41, 5.74) is 0. The summed E-state index contributed by atoms with van der Waals surface area (Å²) in [6.07, 6.45) is 76.9. The van der Waals surface area contributed by atoms with Gasteiger partial charge in [0, 0.05) is 0 Å². The monoisotopic (exact) mass is 761 g/mol. The summed E-state index contributed by atoms with van der Waals surface area (Å²) in [7, 11) is 0. The summed E-state index contributed by atoms with van der Waals surface area (Å²) in [4.78, 5) is 0. The molecule has 0 spiro atoms. The molecule has 320 valence electrons. The van der Waals surface area contributed by atoms with Gasteiger partial charge >= 0.3 is 0 Å². The molecule has 2 atom stereocenters. The number of rotatable bonds is 0. The molecule has 0 saturated heterocycles. The van der Waals surface area contributed by atoms with Crippen LogP contribution in [0.5, 0.6) is 0 Å². The van der Waals surface area contributed by atoms with Crippen molar-refractivity contribution in [2.75, 3.05) is 0 Å². The lowest BCUT2D eigenvalue weighted by Crippen LogP contribution is -2.22. The van der Waals surface area contributed by atoms with Crippen molar-refractivity contribution in [3.63, 3.8) is 0 Å². The summed E-state index contributed by atoms with van der Waals surface area (Å²) in [6.45, 7) is 0. The highest BCUT2D eigenvalue weighted by Crippen LogP contribution is 2.44. The van der Waals surface area contributed by atoms with E-state index in [0.29, 0.717) is 0 Å². The Bertz CT molecular complexity index is 772. The Morgan fingerprint density at radius 1 is 0.218 bits per heavy atom. The van der Waals surface area contributed by atoms with Crippen molar-refractivity contribution in [3.05, 3.63) is 24.3 Å². The second kappa shape index (κ2) is 33.3. The van der Waals surface area contributed by atoms with Crippen LogP contribution < -0.4 is 0 Å². The SMILES string of the molecule is C1=CC2CCC1C2.C1=CCCCC1.C1CC1.C1CC2CCC1C2.C1CCC1.C1CCC2CCCCC2C1.C1CCCC1.C1CCCCC1.C1CCCCCC1. The van der Waals surface area contributed by atoms with Crippen LogP contribution in [0.15, 0.2) is 24.3 Å². The molecule has 10 saturated carbocycles. The highest BCUT2D eigenvalue weighted by Gasteiger charge is 2.30. The molecule has 0 aromatic carbocycles. The molecular weight excluding hydrogens is 661 g/mol. The molecule has 0 heterocycles. The Balaban J connectivity index is 0.000000140. The third-order valence-corrected chi connectivity index (χ3v) is 15.3. The second-order valence-electron chi connectivity index (χ2n) is 20.5. The van der Waals surface area contributed by atoms with Crippen molar-refractivity contribution in [2.24, 2.45) is 35.5 Å². The van der Waals surface area contributed by atoms with Gasteiger partial charge in [0.2, 0.25) is 0 Å². The van der Waals surface area contributed by atoms with Gasteiger partial charge in [0.15, 0.2) is 0 Å². The van der Waals surface area contributed by atoms with E-state index in [4.69, 9.17) is 0 Å². The molecule has 0 radical (unpaired) electrons. The maximum Gasteiger partial charge on any atom is -0.0228 e. The first-order valence-corrected chi connectivity index (χ1v) is 26.7. The molecule has 55 heavy (non-hydrogen) atoms. The van der Waals surface area contributed by atoms with Gasteiger partial charge in [-0.2, -0.15) is 0 Å². The van der Waals surface area contributed by atoms with Gasteiger partial charge in [0.05, 0.1) is 0 Å². The molecule has 0 aliphatic heterocycles. The van der Waals surface area contributed by atoms with Gasteiger partial charge in [-0.25, -0.2) is 0 Å². The van der Waals surface area contributed by atoms with E-state index in [1.807, 2.05) is 0 Å². The van der Waals surface area contributed by atoms with Gasteiger partial charge < -0.3 is 0 Å². The zero-order valence-electron chi connectivity index (χ0n) is 37.6. The fraction of sp³-hybridized carbons (Fsp3) is 0.927. The van der Waals surface area contributed by atoms with Gasteiger partial charge in [-0.05, 0) is 86.9 Å². The summed E-state index contributed by atoms with van der Waals surface area (Å²) >= 11 is 0. The third-order valence-electron chi connectivity index (χ3n) is 15.3. The highest BCUT2D eigenvalue weighted by molar-refractivity contribution is 5.06. The topological polar surface area (TPSA) is 0 Å². The maximum absolute atomic E-state index is 2.38. The Morgan fingerprint density at radius 2 is 0.473 bits per heavy atom. The molecule has 4 bridgehead atoms. The fourth-order valence-corrected chi connectivity index (χ4v) is 10.9. The number of fused-ring (bicyclic) bond motifs is 5. The van der Waals surface area contributed by atoms with E-state index >= 15 is 0 Å². The average molecular weight is 761 g/mol. The summed E-state index contributed by atoms with van der Waals surface area (Å²) in [6, 6.07) is 0. The molecule has 12 rings (SSSR count). The van der Waals surface area contributed by atoms with Crippen LogP contribution in [0.1, 0.15) is 289 Å². The quantitative estimate of drug-likeness (QED) is 0.170. The minimum atomic E-state index is 0.991. The molecule has 12 aliphatic carbocycles. The van der Waals surface area contributed by atoms with Crippen LogP contribution in [0.25, 0.3) is 0 Å². The van der Waals surface area contributed by atoms with Crippen molar-refractivity contribution < 1.29 is 0 Å².